The number of ketones is 1. The highest BCUT2D eigenvalue weighted by Gasteiger charge is 2.33. The van der Waals surface area contributed by atoms with Crippen LogP contribution in [0.1, 0.15) is 16.1 Å². The molecule has 10 heteroatoms. The van der Waals surface area contributed by atoms with Gasteiger partial charge in [0.15, 0.2) is 0 Å². The first-order chi connectivity index (χ1) is 12.8. The van der Waals surface area contributed by atoms with Crippen LogP contribution in [0.2, 0.25) is 0 Å². The Labute approximate surface area is 151 Å². The summed E-state index contributed by atoms with van der Waals surface area (Å²) in [6, 6.07) is 10.3. The molecular formula is C17H12N3O7+. The second-order valence-corrected chi connectivity index (χ2v) is 5.56. The summed E-state index contributed by atoms with van der Waals surface area (Å²) >= 11 is 0. The summed E-state index contributed by atoms with van der Waals surface area (Å²) in [5, 5.41) is 31.5. The number of rotatable bonds is 5. The van der Waals surface area contributed by atoms with E-state index in [2.05, 4.69) is 0 Å². The molecule has 3 aromatic rings. The third-order valence-corrected chi connectivity index (χ3v) is 3.92. The van der Waals surface area contributed by atoms with Gasteiger partial charge in [-0.2, -0.15) is 4.57 Å². The Morgan fingerprint density at radius 2 is 1.44 bits per heavy atom. The van der Waals surface area contributed by atoms with Gasteiger partial charge in [-0.3, -0.25) is 25.0 Å². The molecule has 0 saturated heterocycles. The maximum atomic E-state index is 12.7. The minimum absolute atomic E-state index is 0.112. The third kappa shape index (κ3) is 3.23. The number of carbonyl (C=O) groups excluding carboxylic acids is 1. The molecule has 0 fully saturated rings. The summed E-state index contributed by atoms with van der Waals surface area (Å²) in [6.07, 6.45) is 0. The first-order valence-electron chi connectivity index (χ1n) is 7.55. The van der Waals surface area contributed by atoms with Gasteiger partial charge in [0.05, 0.1) is 15.4 Å². The van der Waals surface area contributed by atoms with Crippen LogP contribution in [-0.2, 0) is 7.05 Å². The average molecular weight is 370 g/mol. The maximum absolute atomic E-state index is 12.7. The van der Waals surface area contributed by atoms with Crippen molar-refractivity contribution in [3.8, 4) is 17.4 Å². The summed E-state index contributed by atoms with van der Waals surface area (Å²) in [4.78, 5) is 33.0. The van der Waals surface area contributed by atoms with Gasteiger partial charge >= 0.3 is 17.5 Å². The van der Waals surface area contributed by atoms with E-state index >= 15 is 0 Å². The number of carbonyl (C=O) groups is 1. The highest BCUT2D eigenvalue weighted by molar-refractivity contribution is 6.08. The molecule has 136 valence electrons. The van der Waals surface area contributed by atoms with Gasteiger partial charge in [0.2, 0.25) is 0 Å². The minimum atomic E-state index is -0.630. The van der Waals surface area contributed by atoms with Crippen molar-refractivity contribution in [3.63, 3.8) is 0 Å². The predicted octanol–water partition coefficient (Wildman–Crippen LogP) is 2.52. The van der Waals surface area contributed by atoms with Crippen molar-refractivity contribution < 1.29 is 28.7 Å². The lowest BCUT2D eigenvalue weighted by molar-refractivity contribution is -0.664. The molecule has 1 N–H and O–H groups in total. The van der Waals surface area contributed by atoms with Gasteiger partial charge in [-0.1, -0.05) is 0 Å². The van der Waals surface area contributed by atoms with E-state index in [0.29, 0.717) is 5.56 Å². The first kappa shape index (κ1) is 17.7. The Bertz CT molecular complexity index is 1050. The van der Waals surface area contributed by atoms with E-state index in [-0.39, 0.29) is 28.5 Å². The number of aromatic hydroxyl groups is 1. The lowest BCUT2D eigenvalue weighted by Crippen LogP contribution is -2.35. The van der Waals surface area contributed by atoms with Crippen molar-refractivity contribution >= 4 is 17.2 Å². The smallest absolute Gasteiger partial charge is 0.383 e. The SMILES string of the molecule is C[n+]1c(-c2ccc([N+](=O)[O-])cc2)oc(O)c1C(=O)c1ccc([N+](=O)[O-])cc1. The summed E-state index contributed by atoms with van der Waals surface area (Å²) in [5.74, 6) is -1.11. The van der Waals surface area contributed by atoms with Crippen LogP contribution in [0.15, 0.2) is 52.9 Å². The molecule has 10 nitrogen and oxygen atoms in total. The lowest BCUT2D eigenvalue weighted by Gasteiger charge is -1.97. The molecule has 27 heavy (non-hydrogen) atoms. The molecule has 0 saturated carbocycles. The molecule has 0 atom stereocenters. The molecule has 3 rings (SSSR count). The van der Waals surface area contributed by atoms with E-state index in [9.17, 15) is 30.1 Å². The molecule has 1 heterocycles. The van der Waals surface area contributed by atoms with Crippen LogP contribution in [0.5, 0.6) is 5.95 Å². The lowest BCUT2D eigenvalue weighted by atomic mass is 10.1. The van der Waals surface area contributed by atoms with Gasteiger partial charge in [0, 0.05) is 29.8 Å². The van der Waals surface area contributed by atoms with Crippen LogP contribution in [0.25, 0.3) is 11.5 Å². The number of nitro benzene ring substituents is 2. The Hall–Kier alpha value is -4.08. The van der Waals surface area contributed by atoms with E-state index in [1.165, 1.54) is 60.1 Å². The zero-order valence-electron chi connectivity index (χ0n) is 13.9. The number of oxazole rings is 1. The third-order valence-electron chi connectivity index (χ3n) is 3.92. The number of hydrogen-bond acceptors (Lipinski definition) is 7. The number of nitrogens with zero attached hydrogens (tertiary/aromatic N) is 3. The fraction of sp³-hybridized carbons (Fsp3) is 0.0588. The average Bonchev–Trinajstić information content (AvgIpc) is 2.95. The predicted molar refractivity (Wildman–Crippen MR) is 90.2 cm³/mol. The van der Waals surface area contributed by atoms with Crippen molar-refractivity contribution in [3.05, 3.63) is 80.0 Å². The van der Waals surface area contributed by atoms with Gasteiger partial charge in [-0.05, 0) is 24.3 Å². The summed E-state index contributed by atoms with van der Waals surface area (Å²) in [5.41, 5.74) is 0.110. The quantitative estimate of drug-likeness (QED) is 0.315. The highest BCUT2D eigenvalue weighted by atomic mass is 16.6. The van der Waals surface area contributed by atoms with Gasteiger partial charge in [0.1, 0.15) is 7.05 Å². The molecule has 0 aliphatic rings. The second-order valence-electron chi connectivity index (χ2n) is 5.56. The number of hydrogen-bond donors (Lipinski definition) is 1. The van der Waals surface area contributed by atoms with Crippen molar-refractivity contribution in [2.75, 3.05) is 0 Å². The van der Waals surface area contributed by atoms with E-state index in [0.717, 1.165) is 0 Å². The number of nitro groups is 2. The van der Waals surface area contributed by atoms with Gasteiger partial charge in [-0.25, -0.2) is 0 Å². The Kier molecular flexibility index (Phi) is 4.38. The molecule has 0 spiro atoms. The number of non-ortho nitro benzene ring substituents is 2. The van der Waals surface area contributed by atoms with Crippen LogP contribution < -0.4 is 4.57 Å². The number of benzene rings is 2. The van der Waals surface area contributed by atoms with E-state index < -0.39 is 21.6 Å². The molecule has 0 amide bonds. The van der Waals surface area contributed by atoms with Gasteiger partial charge in [0.25, 0.3) is 17.2 Å². The van der Waals surface area contributed by atoms with Crippen molar-refractivity contribution in [2.24, 2.45) is 7.05 Å². The topological polar surface area (TPSA) is 141 Å². The molecular weight excluding hydrogens is 358 g/mol. The Balaban J connectivity index is 1.99. The van der Waals surface area contributed by atoms with Crippen LogP contribution in [-0.4, -0.2) is 20.7 Å². The largest absolute Gasteiger partial charge is 0.476 e. The zero-order chi connectivity index (χ0) is 19.7. The van der Waals surface area contributed by atoms with Crippen molar-refractivity contribution in [1.29, 1.82) is 0 Å². The first-order valence-corrected chi connectivity index (χ1v) is 7.55. The van der Waals surface area contributed by atoms with Crippen LogP contribution in [0, 0.1) is 20.2 Å². The van der Waals surface area contributed by atoms with Crippen molar-refractivity contribution in [2.45, 2.75) is 0 Å². The van der Waals surface area contributed by atoms with Gasteiger partial charge in [-0.15, -0.1) is 0 Å². The van der Waals surface area contributed by atoms with Crippen LogP contribution >= 0.6 is 0 Å². The fourth-order valence-electron chi connectivity index (χ4n) is 2.55. The molecule has 0 radical (unpaired) electrons. The Morgan fingerprint density at radius 1 is 0.963 bits per heavy atom. The van der Waals surface area contributed by atoms with E-state index in [1.807, 2.05) is 0 Å². The zero-order valence-corrected chi connectivity index (χ0v) is 13.9. The minimum Gasteiger partial charge on any atom is -0.476 e. The number of aromatic nitrogens is 1. The molecule has 0 aliphatic carbocycles. The van der Waals surface area contributed by atoms with Gasteiger partial charge < -0.3 is 9.52 Å². The Morgan fingerprint density at radius 3 is 1.93 bits per heavy atom. The molecule has 0 aliphatic heterocycles. The summed E-state index contributed by atoms with van der Waals surface area (Å²) in [7, 11) is 1.48. The highest BCUT2D eigenvalue weighted by Crippen LogP contribution is 2.27. The van der Waals surface area contributed by atoms with Crippen molar-refractivity contribution in [1.82, 2.24) is 0 Å². The molecule has 1 aromatic heterocycles. The van der Waals surface area contributed by atoms with Crippen LogP contribution in [0.3, 0.4) is 0 Å². The summed E-state index contributed by atoms with van der Waals surface area (Å²) in [6.45, 7) is 0. The normalized spacial score (nSPS) is 10.6. The monoisotopic (exact) mass is 370 g/mol. The fourth-order valence-corrected chi connectivity index (χ4v) is 2.55. The standard InChI is InChI=1S/C17H11N3O7/c1-18-14(15(21)10-2-6-12(7-3-10)19(23)24)17(22)27-16(18)11-4-8-13(9-5-11)20(25)26/h2-9H,1H3/p+1. The molecule has 0 bridgehead atoms. The summed E-state index contributed by atoms with van der Waals surface area (Å²) < 4.78 is 6.56. The van der Waals surface area contributed by atoms with Crippen LogP contribution in [0.4, 0.5) is 11.4 Å². The molecule has 0 unspecified atom stereocenters. The second kappa shape index (κ2) is 6.67. The van der Waals surface area contributed by atoms with E-state index in [1.54, 1.807) is 0 Å². The maximum Gasteiger partial charge on any atom is 0.383 e. The molecule has 2 aromatic carbocycles. The van der Waals surface area contributed by atoms with E-state index in [4.69, 9.17) is 4.42 Å².